The van der Waals surface area contributed by atoms with Crippen molar-refractivity contribution in [1.29, 1.82) is 0 Å². The Morgan fingerprint density at radius 2 is 1.19 bits per heavy atom. The Morgan fingerprint density at radius 3 is 1.81 bits per heavy atom. The van der Waals surface area contributed by atoms with E-state index in [2.05, 4.69) is 21.3 Å². The number of carbonyl (C=O) groups is 3. The number of carbonyl (C=O) groups excluding carboxylic acids is 3. The smallest absolute Gasteiger partial charge is 0.323 e. The molecule has 0 aliphatic rings. The molecule has 4 amide bonds. The van der Waals surface area contributed by atoms with Crippen molar-refractivity contribution in [3.8, 4) is 0 Å². The maximum atomic E-state index is 13.6. The van der Waals surface area contributed by atoms with Gasteiger partial charge in [-0.3, -0.25) is 9.59 Å². The average molecular weight is 420 g/mol. The van der Waals surface area contributed by atoms with Crippen LogP contribution in [0, 0.1) is 5.82 Å². The van der Waals surface area contributed by atoms with Crippen LogP contribution in [0.1, 0.15) is 20.7 Å². The van der Waals surface area contributed by atoms with Gasteiger partial charge in [-0.15, -0.1) is 0 Å². The molecule has 0 heterocycles. The van der Waals surface area contributed by atoms with E-state index in [1.165, 1.54) is 18.2 Å². The second-order valence-electron chi connectivity index (χ2n) is 6.51. The molecular weight excluding hydrogens is 399 g/mol. The van der Waals surface area contributed by atoms with Crippen molar-refractivity contribution < 1.29 is 18.8 Å². The molecule has 0 bridgehead atoms. The fraction of sp³-hybridized carbons (Fsp3) is 0.0870. The summed E-state index contributed by atoms with van der Waals surface area (Å²) in [6, 6.07) is 20.3. The number of hydrogen-bond acceptors (Lipinski definition) is 3. The van der Waals surface area contributed by atoms with Crippen molar-refractivity contribution in [3.05, 3.63) is 95.8 Å². The highest BCUT2D eigenvalue weighted by Gasteiger charge is 2.09. The van der Waals surface area contributed by atoms with Crippen LogP contribution in [0.3, 0.4) is 0 Å². The molecule has 0 unspecified atom stereocenters. The molecule has 3 rings (SSSR count). The number of para-hydroxylation sites is 1. The maximum Gasteiger partial charge on any atom is 0.323 e. The van der Waals surface area contributed by atoms with Gasteiger partial charge in [0.1, 0.15) is 5.82 Å². The molecule has 0 fully saturated rings. The average Bonchev–Trinajstić information content (AvgIpc) is 2.79. The largest absolute Gasteiger partial charge is 0.350 e. The van der Waals surface area contributed by atoms with Crippen LogP contribution in [0.15, 0.2) is 78.9 Å². The SMILES string of the molecule is O=C(Nc1ccc(C(=O)NCCNC(=O)c2ccccc2)cc1)Nc1ccccc1F. The van der Waals surface area contributed by atoms with Gasteiger partial charge >= 0.3 is 6.03 Å². The van der Waals surface area contributed by atoms with E-state index < -0.39 is 11.8 Å². The molecule has 0 radical (unpaired) electrons. The number of urea groups is 1. The fourth-order valence-electron chi connectivity index (χ4n) is 2.70. The number of anilines is 2. The minimum absolute atomic E-state index is 0.0651. The first kappa shape index (κ1) is 21.5. The molecule has 0 saturated heterocycles. The zero-order valence-corrected chi connectivity index (χ0v) is 16.5. The predicted octanol–water partition coefficient (Wildman–Crippen LogP) is 3.63. The van der Waals surface area contributed by atoms with E-state index >= 15 is 0 Å². The van der Waals surface area contributed by atoms with Crippen molar-refractivity contribution in [2.75, 3.05) is 23.7 Å². The van der Waals surface area contributed by atoms with Gasteiger partial charge in [-0.25, -0.2) is 9.18 Å². The summed E-state index contributed by atoms with van der Waals surface area (Å²) in [5.74, 6) is -1.06. The second-order valence-corrected chi connectivity index (χ2v) is 6.51. The summed E-state index contributed by atoms with van der Waals surface area (Å²) in [4.78, 5) is 36.1. The Morgan fingerprint density at radius 1 is 0.645 bits per heavy atom. The molecule has 0 saturated carbocycles. The lowest BCUT2D eigenvalue weighted by Gasteiger charge is -2.10. The van der Waals surface area contributed by atoms with E-state index in [4.69, 9.17) is 0 Å². The van der Waals surface area contributed by atoms with Crippen LogP contribution in [0.2, 0.25) is 0 Å². The maximum absolute atomic E-state index is 13.6. The zero-order chi connectivity index (χ0) is 22.1. The number of hydrogen-bond donors (Lipinski definition) is 4. The zero-order valence-electron chi connectivity index (χ0n) is 16.5. The van der Waals surface area contributed by atoms with Gasteiger partial charge in [0.15, 0.2) is 0 Å². The molecule has 0 aliphatic heterocycles. The Bertz CT molecular complexity index is 1060. The lowest BCUT2D eigenvalue weighted by molar-refractivity contribution is 0.0927. The number of benzene rings is 3. The summed E-state index contributed by atoms with van der Waals surface area (Å²) >= 11 is 0. The van der Waals surface area contributed by atoms with Crippen LogP contribution in [-0.2, 0) is 0 Å². The molecule has 0 atom stereocenters. The number of rotatable bonds is 7. The molecule has 158 valence electrons. The number of nitrogens with one attached hydrogen (secondary N) is 4. The third-order valence-corrected chi connectivity index (χ3v) is 4.26. The summed E-state index contributed by atoms with van der Waals surface area (Å²) in [6.07, 6.45) is 0. The van der Waals surface area contributed by atoms with Gasteiger partial charge in [-0.05, 0) is 48.5 Å². The van der Waals surface area contributed by atoms with Crippen molar-refractivity contribution in [3.63, 3.8) is 0 Å². The summed E-state index contributed by atoms with van der Waals surface area (Å²) in [6.45, 7) is 0.553. The van der Waals surface area contributed by atoms with E-state index in [0.29, 0.717) is 16.8 Å². The highest BCUT2D eigenvalue weighted by Crippen LogP contribution is 2.14. The Balaban J connectivity index is 1.42. The molecule has 7 nitrogen and oxygen atoms in total. The third-order valence-electron chi connectivity index (χ3n) is 4.26. The lowest BCUT2D eigenvalue weighted by atomic mass is 10.2. The number of halogens is 1. The fourth-order valence-corrected chi connectivity index (χ4v) is 2.70. The van der Waals surface area contributed by atoms with E-state index in [9.17, 15) is 18.8 Å². The normalized spacial score (nSPS) is 10.1. The van der Waals surface area contributed by atoms with Gasteiger partial charge in [0.25, 0.3) is 11.8 Å². The summed E-state index contributed by atoms with van der Waals surface area (Å²) in [5.41, 5.74) is 1.46. The monoisotopic (exact) mass is 420 g/mol. The standard InChI is InChI=1S/C23H21FN4O3/c24-19-8-4-5-9-20(19)28-23(31)27-18-12-10-17(11-13-18)22(30)26-15-14-25-21(29)16-6-2-1-3-7-16/h1-13H,14-15H2,(H,25,29)(H,26,30)(H2,27,28,31). The minimum atomic E-state index is -0.601. The molecule has 0 aliphatic carbocycles. The van der Waals surface area contributed by atoms with Gasteiger partial charge in [0.05, 0.1) is 5.69 Å². The van der Waals surface area contributed by atoms with Crippen molar-refractivity contribution in [2.45, 2.75) is 0 Å². The first-order chi connectivity index (χ1) is 15.0. The summed E-state index contributed by atoms with van der Waals surface area (Å²) < 4.78 is 13.6. The Kier molecular flexibility index (Phi) is 7.31. The Labute approximate surface area is 178 Å². The predicted molar refractivity (Wildman–Crippen MR) is 117 cm³/mol. The molecule has 0 aromatic heterocycles. The van der Waals surface area contributed by atoms with E-state index in [-0.39, 0.29) is 30.6 Å². The first-order valence-corrected chi connectivity index (χ1v) is 9.57. The van der Waals surface area contributed by atoms with Crippen LogP contribution < -0.4 is 21.3 Å². The van der Waals surface area contributed by atoms with Gasteiger partial charge in [0.2, 0.25) is 0 Å². The minimum Gasteiger partial charge on any atom is -0.350 e. The lowest BCUT2D eigenvalue weighted by Crippen LogP contribution is -2.34. The first-order valence-electron chi connectivity index (χ1n) is 9.57. The molecule has 8 heteroatoms. The molecule has 0 spiro atoms. The van der Waals surface area contributed by atoms with Gasteiger partial charge in [-0.1, -0.05) is 30.3 Å². The molecule has 4 N–H and O–H groups in total. The second kappa shape index (κ2) is 10.5. The van der Waals surface area contributed by atoms with Crippen LogP contribution in [0.5, 0.6) is 0 Å². The highest BCUT2D eigenvalue weighted by molar-refractivity contribution is 6.00. The summed E-state index contributed by atoms with van der Waals surface area (Å²) in [7, 11) is 0. The molecule has 3 aromatic rings. The molecular formula is C23H21FN4O3. The molecule has 3 aromatic carbocycles. The molecule has 31 heavy (non-hydrogen) atoms. The quantitative estimate of drug-likeness (QED) is 0.439. The van der Waals surface area contributed by atoms with E-state index in [0.717, 1.165) is 0 Å². The van der Waals surface area contributed by atoms with Crippen LogP contribution in [0.4, 0.5) is 20.6 Å². The third kappa shape index (κ3) is 6.40. The summed E-state index contributed by atoms with van der Waals surface area (Å²) in [5, 5.41) is 10.4. The highest BCUT2D eigenvalue weighted by atomic mass is 19.1. The van der Waals surface area contributed by atoms with E-state index in [1.807, 2.05) is 6.07 Å². The van der Waals surface area contributed by atoms with Gasteiger partial charge in [0, 0.05) is 29.9 Å². The van der Waals surface area contributed by atoms with Crippen LogP contribution in [-0.4, -0.2) is 30.9 Å². The van der Waals surface area contributed by atoms with E-state index in [1.54, 1.807) is 54.6 Å². The van der Waals surface area contributed by atoms with Crippen molar-refractivity contribution >= 4 is 29.2 Å². The van der Waals surface area contributed by atoms with Gasteiger partial charge in [-0.2, -0.15) is 0 Å². The topological polar surface area (TPSA) is 99.3 Å². The van der Waals surface area contributed by atoms with Crippen LogP contribution >= 0.6 is 0 Å². The van der Waals surface area contributed by atoms with Crippen molar-refractivity contribution in [1.82, 2.24) is 10.6 Å². The van der Waals surface area contributed by atoms with Crippen molar-refractivity contribution in [2.24, 2.45) is 0 Å². The number of amides is 4. The Hall–Kier alpha value is -4.20. The van der Waals surface area contributed by atoms with Gasteiger partial charge < -0.3 is 21.3 Å². The van der Waals surface area contributed by atoms with Crippen LogP contribution in [0.25, 0.3) is 0 Å².